The molecule has 0 bridgehead atoms. The van der Waals surface area contributed by atoms with Crippen LogP contribution in [0.15, 0.2) is 42.9 Å². The number of rotatable bonds is 4. The van der Waals surface area contributed by atoms with E-state index in [1.807, 2.05) is 29.0 Å². The summed E-state index contributed by atoms with van der Waals surface area (Å²) in [6, 6.07) is 10.2. The number of aromatic nitrogens is 2. The number of hydrogen-bond acceptors (Lipinski definition) is 2. The predicted octanol–water partition coefficient (Wildman–Crippen LogP) is 1.47. The molecule has 15 heavy (non-hydrogen) atoms. The molecular weight excluding hydrogens is 188 g/mol. The van der Waals surface area contributed by atoms with Crippen LogP contribution < -0.4 is 0 Å². The van der Waals surface area contributed by atoms with Crippen LogP contribution in [-0.4, -0.2) is 21.3 Å². The molecular formula is C12H14N2O. The Balaban J connectivity index is 2.05. The molecule has 78 valence electrons. The second kappa shape index (κ2) is 4.75. The molecule has 0 spiro atoms. The average Bonchev–Trinajstić information content (AvgIpc) is 2.68. The van der Waals surface area contributed by atoms with Crippen LogP contribution in [0.1, 0.15) is 11.3 Å². The van der Waals surface area contributed by atoms with Crippen LogP contribution >= 0.6 is 0 Å². The molecule has 2 rings (SSSR count). The number of hydrogen-bond donors (Lipinski definition) is 1. The lowest BCUT2D eigenvalue weighted by Crippen LogP contribution is -1.96. The van der Waals surface area contributed by atoms with Crippen molar-refractivity contribution in [3.63, 3.8) is 0 Å². The summed E-state index contributed by atoms with van der Waals surface area (Å²) in [4.78, 5) is 4.21. The molecule has 0 aliphatic rings. The highest BCUT2D eigenvalue weighted by atomic mass is 16.3. The minimum atomic E-state index is 0.155. The third kappa shape index (κ3) is 2.67. The maximum Gasteiger partial charge on any atom is 0.0952 e. The number of benzene rings is 1. The molecule has 0 saturated carbocycles. The van der Waals surface area contributed by atoms with E-state index in [0.29, 0.717) is 6.42 Å². The molecule has 1 aromatic carbocycles. The largest absolute Gasteiger partial charge is 0.396 e. The van der Waals surface area contributed by atoms with Crippen molar-refractivity contribution < 1.29 is 5.11 Å². The van der Waals surface area contributed by atoms with E-state index >= 15 is 0 Å². The van der Waals surface area contributed by atoms with Gasteiger partial charge in [0.1, 0.15) is 0 Å². The van der Waals surface area contributed by atoms with Crippen LogP contribution in [0.2, 0.25) is 0 Å². The second-order valence-electron chi connectivity index (χ2n) is 3.50. The lowest BCUT2D eigenvalue weighted by atomic mass is 10.2. The Morgan fingerprint density at radius 1 is 1.20 bits per heavy atom. The average molecular weight is 202 g/mol. The first-order valence-electron chi connectivity index (χ1n) is 5.04. The molecule has 0 radical (unpaired) electrons. The van der Waals surface area contributed by atoms with Gasteiger partial charge >= 0.3 is 0 Å². The Morgan fingerprint density at radius 3 is 2.73 bits per heavy atom. The van der Waals surface area contributed by atoms with E-state index in [1.165, 1.54) is 5.56 Å². The number of imidazole rings is 1. The lowest BCUT2D eigenvalue weighted by molar-refractivity contribution is 0.298. The fraction of sp³-hybridized carbons (Fsp3) is 0.250. The monoisotopic (exact) mass is 202 g/mol. The van der Waals surface area contributed by atoms with E-state index in [9.17, 15) is 0 Å². The smallest absolute Gasteiger partial charge is 0.0952 e. The van der Waals surface area contributed by atoms with Crippen LogP contribution in [0.25, 0.3) is 0 Å². The minimum Gasteiger partial charge on any atom is -0.396 e. The van der Waals surface area contributed by atoms with Gasteiger partial charge in [0.25, 0.3) is 0 Å². The summed E-state index contributed by atoms with van der Waals surface area (Å²) in [5.74, 6) is 0. The summed E-state index contributed by atoms with van der Waals surface area (Å²) >= 11 is 0. The van der Waals surface area contributed by atoms with Crippen molar-refractivity contribution in [1.82, 2.24) is 9.55 Å². The number of aliphatic hydroxyl groups is 1. The second-order valence-corrected chi connectivity index (χ2v) is 3.50. The molecule has 1 heterocycles. The zero-order chi connectivity index (χ0) is 10.5. The maximum atomic E-state index is 8.77. The summed E-state index contributed by atoms with van der Waals surface area (Å²) in [6.45, 7) is 0.988. The summed E-state index contributed by atoms with van der Waals surface area (Å²) in [7, 11) is 0. The normalized spacial score (nSPS) is 10.5. The summed E-state index contributed by atoms with van der Waals surface area (Å²) in [6.07, 6.45) is 4.41. The fourth-order valence-electron chi connectivity index (χ4n) is 1.53. The topological polar surface area (TPSA) is 38.0 Å². The van der Waals surface area contributed by atoms with Gasteiger partial charge in [0.2, 0.25) is 0 Å². The molecule has 0 atom stereocenters. The van der Waals surface area contributed by atoms with Crippen molar-refractivity contribution >= 4 is 0 Å². The molecule has 0 aliphatic carbocycles. The zero-order valence-electron chi connectivity index (χ0n) is 8.50. The van der Waals surface area contributed by atoms with E-state index in [0.717, 1.165) is 12.2 Å². The number of aliphatic hydroxyl groups excluding tert-OH is 1. The molecule has 0 aliphatic heterocycles. The van der Waals surface area contributed by atoms with Gasteiger partial charge in [-0.3, -0.25) is 0 Å². The molecule has 2 aromatic rings. The molecule has 0 saturated heterocycles. The van der Waals surface area contributed by atoms with E-state index in [4.69, 9.17) is 5.11 Å². The summed E-state index contributed by atoms with van der Waals surface area (Å²) in [5.41, 5.74) is 2.19. The Labute approximate surface area is 89.0 Å². The third-order valence-corrected chi connectivity index (χ3v) is 2.26. The summed E-state index contributed by atoms with van der Waals surface area (Å²) < 4.78 is 2.03. The fourth-order valence-corrected chi connectivity index (χ4v) is 1.53. The molecule has 0 fully saturated rings. The van der Waals surface area contributed by atoms with Gasteiger partial charge in [-0.1, -0.05) is 30.3 Å². The van der Waals surface area contributed by atoms with Crippen LogP contribution in [0.3, 0.4) is 0 Å². The van der Waals surface area contributed by atoms with Gasteiger partial charge in [0.15, 0.2) is 0 Å². The van der Waals surface area contributed by atoms with Crippen molar-refractivity contribution in [3.8, 4) is 0 Å². The molecule has 0 unspecified atom stereocenters. The van der Waals surface area contributed by atoms with Gasteiger partial charge in [0, 0.05) is 25.8 Å². The van der Waals surface area contributed by atoms with Crippen molar-refractivity contribution in [2.75, 3.05) is 6.61 Å². The molecule has 3 heteroatoms. The standard InChI is InChI=1S/C12H14N2O/c15-7-6-12-9-14(10-13-12)8-11-4-2-1-3-5-11/h1-5,9-10,15H,6-8H2. The molecule has 3 nitrogen and oxygen atoms in total. The van der Waals surface area contributed by atoms with Gasteiger partial charge in [-0.15, -0.1) is 0 Å². The van der Waals surface area contributed by atoms with Crippen LogP contribution in [0.5, 0.6) is 0 Å². The molecule has 0 amide bonds. The van der Waals surface area contributed by atoms with Gasteiger partial charge < -0.3 is 9.67 Å². The Bertz CT molecular complexity index is 409. The van der Waals surface area contributed by atoms with Crippen molar-refractivity contribution in [3.05, 3.63) is 54.1 Å². The zero-order valence-corrected chi connectivity index (χ0v) is 8.50. The van der Waals surface area contributed by atoms with Crippen molar-refractivity contribution in [2.45, 2.75) is 13.0 Å². The third-order valence-electron chi connectivity index (χ3n) is 2.26. The quantitative estimate of drug-likeness (QED) is 0.815. The Hall–Kier alpha value is -1.61. The SMILES string of the molecule is OCCc1cn(Cc2ccccc2)cn1. The predicted molar refractivity (Wildman–Crippen MR) is 58.6 cm³/mol. The first-order valence-corrected chi connectivity index (χ1v) is 5.04. The highest BCUT2D eigenvalue weighted by molar-refractivity contribution is 5.15. The van der Waals surface area contributed by atoms with Crippen LogP contribution in [0, 0.1) is 0 Å². The van der Waals surface area contributed by atoms with Gasteiger partial charge in [-0.25, -0.2) is 4.98 Å². The van der Waals surface area contributed by atoms with Crippen molar-refractivity contribution in [2.24, 2.45) is 0 Å². The van der Waals surface area contributed by atoms with Crippen LogP contribution in [0.4, 0.5) is 0 Å². The Kier molecular flexibility index (Phi) is 3.15. The van der Waals surface area contributed by atoms with Crippen molar-refractivity contribution in [1.29, 1.82) is 0 Å². The first kappa shape index (κ1) is 9.93. The minimum absolute atomic E-state index is 0.155. The van der Waals surface area contributed by atoms with Gasteiger partial charge in [0.05, 0.1) is 12.0 Å². The van der Waals surface area contributed by atoms with Gasteiger partial charge in [-0.05, 0) is 5.56 Å². The van der Waals surface area contributed by atoms with E-state index in [2.05, 4.69) is 17.1 Å². The van der Waals surface area contributed by atoms with E-state index in [1.54, 1.807) is 6.33 Å². The number of nitrogens with zero attached hydrogens (tertiary/aromatic N) is 2. The highest BCUT2D eigenvalue weighted by Crippen LogP contribution is 2.04. The van der Waals surface area contributed by atoms with E-state index in [-0.39, 0.29) is 6.61 Å². The van der Waals surface area contributed by atoms with E-state index < -0.39 is 0 Å². The first-order chi connectivity index (χ1) is 7.38. The lowest BCUT2D eigenvalue weighted by Gasteiger charge is -2.00. The Morgan fingerprint density at radius 2 is 2.00 bits per heavy atom. The summed E-state index contributed by atoms with van der Waals surface area (Å²) in [5, 5.41) is 8.77. The van der Waals surface area contributed by atoms with Crippen LogP contribution in [-0.2, 0) is 13.0 Å². The maximum absolute atomic E-state index is 8.77. The molecule has 1 aromatic heterocycles. The van der Waals surface area contributed by atoms with Gasteiger partial charge in [-0.2, -0.15) is 0 Å². The highest BCUT2D eigenvalue weighted by Gasteiger charge is 1.98. The molecule has 1 N–H and O–H groups in total.